The normalized spacial score (nSPS) is 15.3. The SMILES string of the molecule is COc1cc(/C=C2/NC(=O)N(C)C2=O)cc(Br)c1OCc1ccc(I)cc1. The highest BCUT2D eigenvalue weighted by molar-refractivity contribution is 14.1. The third kappa shape index (κ3) is 4.44. The molecule has 1 fully saturated rings. The average molecular weight is 543 g/mol. The molecule has 0 spiro atoms. The topological polar surface area (TPSA) is 67.9 Å². The van der Waals surface area contributed by atoms with Gasteiger partial charge in [-0.05, 0) is 80.0 Å². The lowest BCUT2D eigenvalue weighted by atomic mass is 10.1. The number of carbonyl (C=O) groups is 2. The maximum absolute atomic E-state index is 12.0. The van der Waals surface area contributed by atoms with Crippen molar-refractivity contribution in [1.29, 1.82) is 0 Å². The van der Waals surface area contributed by atoms with Crippen LogP contribution in [0.1, 0.15) is 11.1 Å². The molecule has 0 aromatic heterocycles. The molecule has 8 heteroatoms. The van der Waals surface area contributed by atoms with Gasteiger partial charge in [-0.15, -0.1) is 0 Å². The maximum Gasteiger partial charge on any atom is 0.328 e. The number of amides is 3. The molecule has 0 unspecified atom stereocenters. The monoisotopic (exact) mass is 542 g/mol. The fraction of sp³-hybridized carbons (Fsp3) is 0.158. The lowest BCUT2D eigenvalue weighted by molar-refractivity contribution is -0.121. The van der Waals surface area contributed by atoms with Crippen molar-refractivity contribution in [3.05, 3.63) is 61.3 Å². The molecule has 0 saturated carbocycles. The third-order valence-electron chi connectivity index (χ3n) is 3.94. The minimum atomic E-state index is -0.449. The summed E-state index contributed by atoms with van der Waals surface area (Å²) < 4.78 is 13.2. The van der Waals surface area contributed by atoms with E-state index in [9.17, 15) is 9.59 Å². The number of nitrogens with one attached hydrogen (secondary N) is 1. The second-order valence-corrected chi connectivity index (χ2v) is 7.90. The number of urea groups is 1. The second kappa shape index (κ2) is 8.30. The van der Waals surface area contributed by atoms with Gasteiger partial charge in [-0.1, -0.05) is 12.1 Å². The Hall–Kier alpha value is -2.07. The highest BCUT2D eigenvalue weighted by Gasteiger charge is 2.30. The average Bonchev–Trinajstić information content (AvgIpc) is 2.88. The van der Waals surface area contributed by atoms with Crippen LogP contribution in [0, 0.1) is 3.57 Å². The first-order valence-corrected chi connectivity index (χ1v) is 9.81. The Morgan fingerprint density at radius 1 is 1.22 bits per heavy atom. The van der Waals surface area contributed by atoms with Gasteiger partial charge in [-0.2, -0.15) is 0 Å². The van der Waals surface area contributed by atoms with Crippen LogP contribution >= 0.6 is 38.5 Å². The van der Waals surface area contributed by atoms with E-state index >= 15 is 0 Å². The number of imide groups is 1. The van der Waals surface area contributed by atoms with Crippen molar-refractivity contribution in [2.75, 3.05) is 14.2 Å². The van der Waals surface area contributed by atoms with Crippen LogP contribution in [0.3, 0.4) is 0 Å². The van der Waals surface area contributed by atoms with E-state index < -0.39 is 6.03 Å². The van der Waals surface area contributed by atoms with Crippen LogP contribution in [-0.4, -0.2) is 31.0 Å². The van der Waals surface area contributed by atoms with Crippen LogP contribution in [0.5, 0.6) is 11.5 Å². The van der Waals surface area contributed by atoms with E-state index in [1.807, 2.05) is 24.3 Å². The molecular weight excluding hydrogens is 527 g/mol. The molecule has 1 N–H and O–H groups in total. The predicted molar refractivity (Wildman–Crippen MR) is 113 cm³/mol. The second-order valence-electron chi connectivity index (χ2n) is 5.80. The molecule has 6 nitrogen and oxygen atoms in total. The van der Waals surface area contributed by atoms with Crippen LogP contribution in [0.25, 0.3) is 6.08 Å². The summed E-state index contributed by atoms with van der Waals surface area (Å²) in [7, 11) is 2.98. The molecule has 1 saturated heterocycles. The van der Waals surface area contributed by atoms with E-state index in [4.69, 9.17) is 9.47 Å². The van der Waals surface area contributed by atoms with E-state index in [1.54, 1.807) is 25.3 Å². The number of likely N-dealkylation sites (N-methyl/N-ethyl adjacent to an activating group) is 1. The van der Waals surface area contributed by atoms with E-state index in [0.717, 1.165) is 14.0 Å². The molecule has 1 aliphatic heterocycles. The van der Waals surface area contributed by atoms with Crippen molar-refractivity contribution in [1.82, 2.24) is 10.2 Å². The molecule has 27 heavy (non-hydrogen) atoms. The Kier molecular flexibility index (Phi) is 6.05. The molecule has 1 heterocycles. The molecule has 3 amide bonds. The summed E-state index contributed by atoms with van der Waals surface area (Å²) in [5.74, 6) is 0.707. The van der Waals surface area contributed by atoms with Gasteiger partial charge < -0.3 is 14.8 Å². The van der Waals surface area contributed by atoms with E-state index in [2.05, 4.69) is 43.8 Å². The zero-order valence-corrected chi connectivity index (χ0v) is 18.3. The van der Waals surface area contributed by atoms with Gasteiger partial charge >= 0.3 is 6.03 Å². The number of methoxy groups -OCH3 is 1. The van der Waals surface area contributed by atoms with Crippen molar-refractivity contribution < 1.29 is 19.1 Å². The van der Waals surface area contributed by atoms with Gasteiger partial charge in [0, 0.05) is 10.6 Å². The molecular formula is C19H16BrIN2O4. The Morgan fingerprint density at radius 2 is 1.93 bits per heavy atom. The number of rotatable bonds is 5. The minimum Gasteiger partial charge on any atom is -0.493 e. The highest BCUT2D eigenvalue weighted by Crippen LogP contribution is 2.38. The standard InChI is InChI=1S/C19H16BrIN2O4/c1-23-18(24)15(22-19(23)25)8-12-7-14(20)17(16(9-12)26-2)27-10-11-3-5-13(21)6-4-11/h3-9H,10H2,1-2H3,(H,22,25)/b15-8+. The Balaban J connectivity index is 1.84. The first kappa shape index (κ1) is 19.7. The molecule has 3 rings (SSSR count). The van der Waals surface area contributed by atoms with Gasteiger partial charge in [-0.3, -0.25) is 9.69 Å². The Morgan fingerprint density at radius 3 is 2.52 bits per heavy atom. The lowest BCUT2D eigenvalue weighted by Crippen LogP contribution is -2.25. The number of hydrogen-bond donors (Lipinski definition) is 1. The molecule has 2 aromatic rings. The van der Waals surface area contributed by atoms with Gasteiger partial charge in [-0.25, -0.2) is 4.79 Å². The lowest BCUT2D eigenvalue weighted by Gasteiger charge is -2.14. The molecule has 0 bridgehead atoms. The third-order valence-corrected chi connectivity index (χ3v) is 5.25. The van der Waals surface area contributed by atoms with Gasteiger partial charge in [0.05, 0.1) is 11.6 Å². The summed E-state index contributed by atoms with van der Waals surface area (Å²) in [5.41, 5.74) is 1.95. The van der Waals surface area contributed by atoms with Gasteiger partial charge in [0.1, 0.15) is 12.3 Å². The van der Waals surface area contributed by atoms with Crippen molar-refractivity contribution >= 4 is 56.5 Å². The van der Waals surface area contributed by atoms with E-state index in [0.29, 0.717) is 28.1 Å². The van der Waals surface area contributed by atoms with Crippen molar-refractivity contribution in [2.45, 2.75) is 6.61 Å². The fourth-order valence-electron chi connectivity index (χ4n) is 2.49. The van der Waals surface area contributed by atoms with Gasteiger partial charge in [0.2, 0.25) is 0 Å². The molecule has 0 atom stereocenters. The number of halogens is 2. The molecule has 2 aromatic carbocycles. The van der Waals surface area contributed by atoms with Crippen LogP contribution in [0.2, 0.25) is 0 Å². The smallest absolute Gasteiger partial charge is 0.328 e. The van der Waals surface area contributed by atoms with Crippen molar-refractivity contribution in [3.63, 3.8) is 0 Å². The zero-order chi connectivity index (χ0) is 19.6. The minimum absolute atomic E-state index is 0.212. The Bertz CT molecular complexity index is 928. The largest absolute Gasteiger partial charge is 0.493 e. The molecule has 140 valence electrons. The fourth-order valence-corrected chi connectivity index (χ4v) is 3.42. The summed E-state index contributed by atoms with van der Waals surface area (Å²) in [6, 6.07) is 11.2. The number of nitrogens with zero attached hydrogens (tertiary/aromatic N) is 1. The van der Waals surface area contributed by atoms with Crippen LogP contribution in [0.15, 0.2) is 46.6 Å². The van der Waals surface area contributed by atoms with Gasteiger partial charge in [0.15, 0.2) is 11.5 Å². The Labute approximate surface area is 178 Å². The summed E-state index contributed by atoms with van der Waals surface area (Å²) >= 11 is 5.75. The van der Waals surface area contributed by atoms with E-state index in [-0.39, 0.29) is 11.6 Å². The van der Waals surface area contributed by atoms with Crippen molar-refractivity contribution in [3.8, 4) is 11.5 Å². The summed E-state index contributed by atoms with van der Waals surface area (Å²) in [6.45, 7) is 0.394. The first-order chi connectivity index (χ1) is 12.9. The number of ether oxygens (including phenoxy) is 2. The number of carbonyl (C=O) groups excluding carboxylic acids is 2. The van der Waals surface area contributed by atoms with Crippen LogP contribution < -0.4 is 14.8 Å². The quantitative estimate of drug-likeness (QED) is 0.350. The predicted octanol–water partition coefficient (Wildman–Crippen LogP) is 4.16. The van der Waals surface area contributed by atoms with Gasteiger partial charge in [0.25, 0.3) is 5.91 Å². The van der Waals surface area contributed by atoms with Crippen LogP contribution in [-0.2, 0) is 11.4 Å². The maximum atomic E-state index is 12.0. The zero-order valence-electron chi connectivity index (χ0n) is 14.6. The molecule has 1 aliphatic rings. The number of benzene rings is 2. The first-order valence-electron chi connectivity index (χ1n) is 7.94. The summed E-state index contributed by atoms with van der Waals surface area (Å²) in [6.07, 6.45) is 1.60. The summed E-state index contributed by atoms with van der Waals surface area (Å²) in [5, 5.41) is 2.54. The molecule has 0 radical (unpaired) electrons. The number of hydrogen-bond acceptors (Lipinski definition) is 4. The van der Waals surface area contributed by atoms with E-state index in [1.165, 1.54) is 7.05 Å². The highest BCUT2D eigenvalue weighted by atomic mass is 127. The molecule has 0 aliphatic carbocycles. The summed E-state index contributed by atoms with van der Waals surface area (Å²) in [4.78, 5) is 24.6. The van der Waals surface area contributed by atoms with Crippen LogP contribution in [0.4, 0.5) is 4.79 Å². The van der Waals surface area contributed by atoms with Crippen molar-refractivity contribution in [2.24, 2.45) is 0 Å².